The van der Waals surface area contributed by atoms with Gasteiger partial charge in [-0.1, -0.05) is 11.4 Å². The lowest BCUT2D eigenvalue weighted by Crippen LogP contribution is -2.36. The highest BCUT2D eigenvalue weighted by Crippen LogP contribution is 2.06. The van der Waals surface area contributed by atoms with Gasteiger partial charge in [-0.2, -0.15) is 0 Å². The minimum absolute atomic E-state index is 0.584. The van der Waals surface area contributed by atoms with E-state index in [0.717, 1.165) is 12.1 Å². The monoisotopic (exact) mass is 201 g/mol. The normalized spacial score (nSPS) is 15.6. The molecule has 0 amide bonds. The minimum Gasteiger partial charge on any atom is -0.389 e. The predicted molar refractivity (Wildman–Crippen MR) is 52.5 cm³/mol. The zero-order valence-electron chi connectivity index (χ0n) is 7.95. The summed E-state index contributed by atoms with van der Waals surface area (Å²) in [4.78, 5) is 0. The second-order valence-corrected chi connectivity index (χ2v) is 3.96. The van der Waals surface area contributed by atoms with Crippen LogP contribution in [0.4, 0.5) is 0 Å². The van der Waals surface area contributed by atoms with Crippen molar-refractivity contribution in [3.05, 3.63) is 11.1 Å². The molecular weight excluding hydrogens is 186 g/mol. The van der Waals surface area contributed by atoms with Crippen LogP contribution in [0.15, 0.2) is 5.38 Å². The lowest BCUT2D eigenvalue weighted by atomic mass is 10.0. The van der Waals surface area contributed by atoms with Gasteiger partial charge in [0.2, 0.25) is 0 Å². The quantitative estimate of drug-likeness (QED) is 0.739. The third-order valence-corrected chi connectivity index (χ3v) is 2.53. The van der Waals surface area contributed by atoms with Crippen molar-refractivity contribution in [2.24, 2.45) is 0 Å². The summed E-state index contributed by atoms with van der Waals surface area (Å²) in [5, 5.41) is 18.6. The molecule has 0 saturated carbocycles. The Kier molecular flexibility index (Phi) is 3.77. The number of aliphatic hydroxyl groups is 1. The summed E-state index contributed by atoms with van der Waals surface area (Å²) in [6.45, 7) is 5.04. The molecule has 5 heteroatoms. The average Bonchev–Trinajstić information content (AvgIpc) is 2.57. The largest absolute Gasteiger partial charge is 0.389 e. The lowest BCUT2D eigenvalue weighted by Gasteiger charge is -2.21. The lowest BCUT2D eigenvalue weighted by molar-refractivity contribution is 0.0555. The van der Waals surface area contributed by atoms with Crippen molar-refractivity contribution in [2.75, 3.05) is 6.54 Å². The number of nitrogens with zero attached hydrogens (tertiary/aromatic N) is 2. The van der Waals surface area contributed by atoms with E-state index in [2.05, 4.69) is 14.9 Å². The molecular formula is C8H15N3OS. The van der Waals surface area contributed by atoms with Crippen molar-refractivity contribution >= 4 is 11.5 Å². The van der Waals surface area contributed by atoms with Gasteiger partial charge in [-0.25, -0.2) is 0 Å². The summed E-state index contributed by atoms with van der Waals surface area (Å²) in [6.07, 6.45) is 0.745. The topological polar surface area (TPSA) is 58.0 Å². The standard InChI is InChI=1S/C8H15N3OS/c1-3-8(2,12)6-9-4-7-5-13-11-10-7/h5,9,12H,3-4,6H2,1-2H3. The van der Waals surface area contributed by atoms with E-state index in [1.807, 2.05) is 19.2 Å². The number of nitrogens with one attached hydrogen (secondary N) is 1. The second-order valence-electron chi connectivity index (χ2n) is 3.35. The van der Waals surface area contributed by atoms with Gasteiger partial charge in [0.1, 0.15) is 0 Å². The molecule has 0 aromatic carbocycles. The van der Waals surface area contributed by atoms with E-state index in [9.17, 15) is 5.11 Å². The summed E-state index contributed by atoms with van der Waals surface area (Å²) in [5.74, 6) is 0. The van der Waals surface area contributed by atoms with Crippen molar-refractivity contribution in [1.29, 1.82) is 0 Å². The van der Waals surface area contributed by atoms with Crippen molar-refractivity contribution < 1.29 is 5.11 Å². The maximum absolute atomic E-state index is 9.66. The molecule has 0 spiro atoms. The van der Waals surface area contributed by atoms with Gasteiger partial charge < -0.3 is 10.4 Å². The molecule has 0 saturated heterocycles. The van der Waals surface area contributed by atoms with Crippen LogP contribution in [-0.2, 0) is 6.54 Å². The number of aromatic nitrogens is 2. The highest BCUT2D eigenvalue weighted by atomic mass is 32.1. The Morgan fingerprint density at radius 2 is 2.46 bits per heavy atom. The molecule has 1 heterocycles. The summed E-state index contributed by atoms with van der Waals surface area (Å²) in [6, 6.07) is 0. The van der Waals surface area contributed by atoms with Gasteiger partial charge in [-0.15, -0.1) is 5.10 Å². The van der Waals surface area contributed by atoms with Gasteiger partial charge in [0.25, 0.3) is 0 Å². The molecule has 1 atom stereocenters. The zero-order chi connectivity index (χ0) is 9.73. The maximum atomic E-state index is 9.66. The third kappa shape index (κ3) is 3.80. The molecule has 0 radical (unpaired) electrons. The fraction of sp³-hybridized carbons (Fsp3) is 0.750. The van der Waals surface area contributed by atoms with E-state index >= 15 is 0 Å². The molecule has 1 rings (SSSR count). The first-order valence-electron chi connectivity index (χ1n) is 4.33. The minimum atomic E-state index is -0.622. The summed E-state index contributed by atoms with van der Waals surface area (Å²) >= 11 is 1.34. The Hall–Kier alpha value is -0.520. The first-order valence-corrected chi connectivity index (χ1v) is 5.17. The fourth-order valence-electron chi connectivity index (χ4n) is 0.846. The Balaban J connectivity index is 2.21. The van der Waals surface area contributed by atoms with Crippen molar-refractivity contribution in [1.82, 2.24) is 14.9 Å². The Morgan fingerprint density at radius 3 is 3.00 bits per heavy atom. The molecule has 13 heavy (non-hydrogen) atoms. The van der Waals surface area contributed by atoms with E-state index in [-0.39, 0.29) is 0 Å². The Morgan fingerprint density at radius 1 is 1.69 bits per heavy atom. The van der Waals surface area contributed by atoms with Crippen LogP contribution in [0.3, 0.4) is 0 Å². The van der Waals surface area contributed by atoms with Gasteiger partial charge in [-0.3, -0.25) is 0 Å². The molecule has 1 aromatic heterocycles. The van der Waals surface area contributed by atoms with Crippen LogP contribution < -0.4 is 5.32 Å². The molecule has 0 aliphatic carbocycles. The highest BCUT2D eigenvalue weighted by Gasteiger charge is 2.16. The predicted octanol–water partition coefficient (Wildman–Crippen LogP) is 0.789. The van der Waals surface area contributed by atoms with Crippen LogP contribution in [-0.4, -0.2) is 26.8 Å². The zero-order valence-corrected chi connectivity index (χ0v) is 8.77. The molecule has 2 N–H and O–H groups in total. The van der Waals surface area contributed by atoms with E-state index < -0.39 is 5.60 Å². The van der Waals surface area contributed by atoms with Crippen LogP contribution in [0, 0.1) is 0 Å². The van der Waals surface area contributed by atoms with Gasteiger partial charge in [0, 0.05) is 18.5 Å². The average molecular weight is 201 g/mol. The van der Waals surface area contributed by atoms with Gasteiger partial charge >= 0.3 is 0 Å². The molecule has 74 valence electrons. The smallest absolute Gasteiger partial charge is 0.0893 e. The highest BCUT2D eigenvalue weighted by molar-refractivity contribution is 7.03. The third-order valence-electron chi connectivity index (χ3n) is 1.98. The fourth-order valence-corrected chi connectivity index (χ4v) is 1.30. The Bertz CT molecular complexity index is 236. The van der Waals surface area contributed by atoms with Crippen molar-refractivity contribution in [3.63, 3.8) is 0 Å². The Labute approximate surface area is 82.2 Å². The van der Waals surface area contributed by atoms with Crippen LogP contribution in [0.25, 0.3) is 0 Å². The van der Waals surface area contributed by atoms with Crippen LogP contribution >= 0.6 is 11.5 Å². The van der Waals surface area contributed by atoms with E-state index in [0.29, 0.717) is 13.1 Å². The van der Waals surface area contributed by atoms with Crippen molar-refractivity contribution in [3.8, 4) is 0 Å². The molecule has 1 unspecified atom stereocenters. The van der Waals surface area contributed by atoms with Crippen LogP contribution in [0.5, 0.6) is 0 Å². The summed E-state index contributed by atoms with van der Waals surface area (Å²) in [5.41, 5.74) is 0.306. The molecule has 0 fully saturated rings. The SMILES string of the molecule is CCC(C)(O)CNCc1csnn1. The molecule has 0 aliphatic rings. The van der Waals surface area contributed by atoms with E-state index in [4.69, 9.17) is 0 Å². The van der Waals surface area contributed by atoms with Gasteiger partial charge in [0.15, 0.2) is 0 Å². The van der Waals surface area contributed by atoms with Gasteiger partial charge in [0.05, 0.1) is 11.3 Å². The van der Waals surface area contributed by atoms with E-state index in [1.165, 1.54) is 11.5 Å². The van der Waals surface area contributed by atoms with E-state index in [1.54, 1.807) is 0 Å². The second kappa shape index (κ2) is 4.64. The van der Waals surface area contributed by atoms with Gasteiger partial charge in [-0.05, 0) is 24.9 Å². The van der Waals surface area contributed by atoms with Crippen molar-refractivity contribution in [2.45, 2.75) is 32.4 Å². The molecule has 0 aliphatic heterocycles. The molecule has 0 bridgehead atoms. The first-order chi connectivity index (χ1) is 6.14. The number of hydrogen-bond acceptors (Lipinski definition) is 5. The first kappa shape index (κ1) is 10.6. The number of rotatable bonds is 5. The number of hydrogen-bond donors (Lipinski definition) is 2. The summed E-state index contributed by atoms with van der Waals surface area (Å²) in [7, 11) is 0. The maximum Gasteiger partial charge on any atom is 0.0893 e. The van der Waals surface area contributed by atoms with Crippen LogP contribution in [0.1, 0.15) is 26.0 Å². The molecule has 1 aromatic rings. The molecule has 4 nitrogen and oxygen atoms in total. The summed E-state index contributed by atoms with van der Waals surface area (Å²) < 4.78 is 3.75. The van der Waals surface area contributed by atoms with Crippen LogP contribution in [0.2, 0.25) is 0 Å².